The summed E-state index contributed by atoms with van der Waals surface area (Å²) in [5.74, 6) is 0. The first-order valence-electron chi connectivity index (χ1n) is 5.37. The lowest BCUT2D eigenvalue weighted by Crippen LogP contribution is -2.23. The van der Waals surface area contributed by atoms with E-state index in [1.54, 1.807) is 12.1 Å². The first-order chi connectivity index (χ1) is 8.49. The lowest BCUT2D eigenvalue weighted by Gasteiger charge is -2.08. The van der Waals surface area contributed by atoms with Gasteiger partial charge in [0.05, 0.1) is 5.69 Å². The number of nitrogens with one attached hydrogen (secondary N) is 1. The molecule has 1 aromatic heterocycles. The highest BCUT2D eigenvalue weighted by Gasteiger charge is 2.16. The number of nitrogen functional groups attached to an aromatic ring is 1. The van der Waals surface area contributed by atoms with Crippen molar-refractivity contribution in [1.82, 2.24) is 4.72 Å². The summed E-state index contributed by atoms with van der Waals surface area (Å²) in [6.07, 6.45) is 0. The average Bonchev–Trinajstić information content (AvgIpc) is 2.78. The molecule has 6 heteroatoms. The summed E-state index contributed by atoms with van der Waals surface area (Å²) >= 11 is 1.51. The van der Waals surface area contributed by atoms with Gasteiger partial charge in [-0.1, -0.05) is 12.1 Å². The Kier molecular flexibility index (Phi) is 3.70. The summed E-state index contributed by atoms with van der Waals surface area (Å²) in [7, 11) is -3.55. The molecule has 2 aromatic rings. The van der Waals surface area contributed by atoms with Crippen molar-refractivity contribution in [1.29, 1.82) is 0 Å². The Morgan fingerprint density at radius 1 is 1.33 bits per heavy atom. The molecule has 0 radical (unpaired) electrons. The zero-order chi connectivity index (χ0) is 13.2. The summed E-state index contributed by atoms with van der Waals surface area (Å²) in [5, 5.41) is 1.91. The average molecular weight is 282 g/mol. The minimum atomic E-state index is -3.55. The van der Waals surface area contributed by atoms with Gasteiger partial charge < -0.3 is 5.73 Å². The van der Waals surface area contributed by atoms with Gasteiger partial charge >= 0.3 is 0 Å². The molecule has 18 heavy (non-hydrogen) atoms. The van der Waals surface area contributed by atoms with Gasteiger partial charge in [-0.2, -0.15) is 0 Å². The van der Waals surface area contributed by atoms with Gasteiger partial charge in [0.2, 0.25) is 10.0 Å². The fourth-order valence-electron chi connectivity index (χ4n) is 1.57. The van der Waals surface area contributed by atoms with Gasteiger partial charge in [-0.3, -0.25) is 0 Å². The maximum atomic E-state index is 12.1. The van der Waals surface area contributed by atoms with Crippen molar-refractivity contribution < 1.29 is 8.42 Å². The summed E-state index contributed by atoms with van der Waals surface area (Å²) in [6, 6.07) is 8.68. The van der Waals surface area contributed by atoms with Crippen molar-refractivity contribution >= 4 is 27.0 Å². The lowest BCUT2D eigenvalue weighted by atomic mass is 10.2. The largest absolute Gasteiger partial charge is 0.398 e. The van der Waals surface area contributed by atoms with Crippen LogP contribution in [0.4, 0.5) is 5.69 Å². The van der Waals surface area contributed by atoms with Gasteiger partial charge in [0.15, 0.2) is 0 Å². The predicted molar refractivity (Wildman–Crippen MR) is 73.9 cm³/mol. The molecule has 2 rings (SSSR count). The van der Waals surface area contributed by atoms with Crippen molar-refractivity contribution in [3.8, 4) is 0 Å². The van der Waals surface area contributed by atoms with Gasteiger partial charge in [-0.05, 0) is 36.1 Å². The first kappa shape index (κ1) is 13.1. The topological polar surface area (TPSA) is 72.2 Å². The molecule has 4 nitrogen and oxygen atoms in total. The second-order valence-corrected chi connectivity index (χ2v) is 6.71. The van der Waals surface area contributed by atoms with Crippen LogP contribution in [0.3, 0.4) is 0 Å². The van der Waals surface area contributed by atoms with Gasteiger partial charge in [-0.15, -0.1) is 11.3 Å². The van der Waals surface area contributed by atoms with Gasteiger partial charge in [0.25, 0.3) is 0 Å². The normalized spacial score (nSPS) is 11.6. The van der Waals surface area contributed by atoms with Crippen molar-refractivity contribution in [2.24, 2.45) is 0 Å². The molecule has 0 bridgehead atoms. The Morgan fingerprint density at radius 3 is 2.72 bits per heavy atom. The molecule has 0 aliphatic rings. The number of anilines is 1. The predicted octanol–water partition coefficient (Wildman–Crippen LogP) is 2.12. The van der Waals surface area contributed by atoms with E-state index in [1.165, 1.54) is 17.4 Å². The Bertz CT molecular complexity index is 634. The van der Waals surface area contributed by atoms with Gasteiger partial charge in [0, 0.05) is 11.4 Å². The zero-order valence-corrected chi connectivity index (χ0v) is 11.5. The molecule has 1 heterocycles. The zero-order valence-electron chi connectivity index (χ0n) is 9.88. The van der Waals surface area contributed by atoms with E-state index in [1.807, 2.05) is 24.4 Å². The van der Waals surface area contributed by atoms with Crippen LogP contribution in [-0.2, 0) is 16.6 Å². The molecule has 0 fully saturated rings. The summed E-state index contributed by atoms with van der Waals surface area (Å²) in [5.41, 5.74) is 6.95. The maximum absolute atomic E-state index is 12.1. The third kappa shape index (κ3) is 2.90. The van der Waals surface area contributed by atoms with Crippen LogP contribution in [0.2, 0.25) is 0 Å². The van der Waals surface area contributed by atoms with Crippen LogP contribution in [0.1, 0.15) is 10.4 Å². The third-order valence-corrected chi connectivity index (χ3v) is 4.82. The maximum Gasteiger partial charge on any atom is 0.242 e. The first-order valence-corrected chi connectivity index (χ1v) is 7.73. The van der Waals surface area contributed by atoms with Crippen LogP contribution in [0.5, 0.6) is 0 Å². The number of hydrogen-bond acceptors (Lipinski definition) is 4. The minimum absolute atomic E-state index is 0.129. The molecule has 0 amide bonds. The molecule has 3 N–H and O–H groups in total. The summed E-state index contributed by atoms with van der Waals surface area (Å²) in [6.45, 7) is 2.15. The molecule has 0 saturated heterocycles. The molecule has 0 aliphatic carbocycles. The lowest BCUT2D eigenvalue weighted by molar-refractivity contribution is 0.582. The quantitative estimate of drug-likeness (QED) is 0.844. The van der Waals surface area contributed by atoms with Gasteiger partial charge in [-0.25, -0.2) is 13.1 Å². The second kappa shape index (κ2) is 5.09. The monoisotopic (exact) mass is 282 g/mol. The Labute approximate surface area is 111 Å². The van der Waals surface area contributed by atoms with Gasteiger partial charge in [0.1, 0.15) is 4.90 Å². The van der Waals surface area contributed by atoms with E-state index < -0.39 is 10.0 Å². The Balaban J connectivity index is 2.20. The van der Waals surface area contributed by atoms with E-state index in [9.17, 15) is 8.42 Å². The third-order valence-electron chi connectivity index (χ3n) is 2.47. The number of nitrogens with two attached hydrogens (primary N) is 1. The summed E-state index contributed by atoms with van der Waals surface area (Å²) in [4.78, 5) is 1.09. The van der Waals surface area contributed by atoms with Crippen molar-refractivity contribution in [2.75, 3.05) is 5.73 Å². The highest BCUT2D eigenvalue weighted by atomic mass is 32.2. The second-order valence-electron chi connectivity index (χ2n) is 3.95. The van der Waals surface area contributed by atoms with Crippen LogP contribution in [0.25, 0.3) is 0 Å². The van der Waals surface area contributed by atoms with E-state index in [0.717, 1.165) is 10.4 Å². The molecule has 0 spiro atoms. The number of sulfonamides is 1. The van der Waals surface area contributed by atoms with Crippen molar-refractivity contribution in [3.05, 3.63) is 46.2 Å². The molecule has 1 aromatic carbocycles. The van der Waals surface area contributed by atoms with E-state index in [-0.39, 0.29) is 17.1 Å². The molecular formula is C12H14N2O2S2. The van der Waals surface area contributed by atoms with Crippen molar-refractivity contribution in [3.63, 3.8) is 0 Å². The number of rotatable bonds is 4. The number of hydrogen-bond donors (Lipinski definition) is 2. The molecule has 0 aliphatic heterocycles. The van der Waals surface area contributed by atoms with Crippen LogP contribution in [0, 0.1) is 6.92 Å². The standard InChI is InChI=1S/C12H14N2O2S2/c1-9-4-5-12(11(13)7-9)18(15,16)14-8-10-3-2-6-17-10/h2-7,14H,8,13H2,1H3. The van der Waals surface area contributed by atoms with E-state index in [0.29, 0.717) is 0 Å². The highest BCUT2D eigenvalue weighted by Crippen LogP contribution is 2.20. The minimum Gasteiger partial charge on any atom is -0.398 e. The molecule has 96 valence electrons. The molecule has 0 unspecified atom stereocenters. The molecule has 0 saturated carbocycles. The van der Waals surface area contributed by atoms with Crippen LogP contribution >= 0.6 is 11.3 Å². The fourth-order valence-corrected chi connectivity index (χ4v) is 3.42. The van der Waals surface area contributed by atoms with Crippen molar-refractivity contribution in [2.45, 2.75) is 18.4 Å². The summed E-state index contributed by atoms with van der Waals surface area (Å²) < 4.78 is 26.7. The highest BCUT2D eigenvalue weighted by molar-refractivity contribution is 7.89. The van der Waals surface area contributed by atoms with E-state index in [2.05, 4.69) is 4.72 Å². The van der Waals surface area contributed by atoms with Crippen LogP contribution < -0.4 is 10.5 Å². The Hall–Kier alpha value is -1.37. The molecular weight excluding hydrogens is 268 g/mol. The van der Waals surface area contributed by atoms with E-state index >= 15 is 0 Å². The smallest absolute Gasteiger partial charge is 0.242 e. The van der Waals surface area contributed by atoms with E-state index in [4.69, 9.17) is 5.73 Å². The van der Waals surface area contributed by atoms with Crippen LogP contribution in [-0.4, -0.2) is 8.42 Å². The SMILES string of the molecule is Cc1ccc(S(=O)(=O)NCc2cccs2)c(N)c1. The molecule has 0 atom stereocenters. The number of thiophene rings is 1. The Morgan fingerprint density at radius 2 is 2.11 bits per heavy atom. The number of benzene rings is 1. The number of aryl methyl sites for hydroxylation is 1. The van der Waals surface area contributed by atoms with Crippen LogP contribution in [0.15, 0.2) is 40.6 Å². The fraction of sp³-hybridized carbons (Fsp3) is 0.167.